The van der Waals surface area contributed by atoms with Gasteiger partial charge in [-0.05, 0) is 85.9 Å². The summed E-state index contributed by atoms with van der Waals surface area (Å²) in [6.45, 7) is 14.6. The number of rotatable bonds is 3. The average molecular weight is 564 g/mol. The summed E-state index contributed by atoms with van der Waals surface area (Å²) in [4.78, 5) is 34.1. The van der Waals surface area contributed by atoms with Crippen LogP contribution in [0.25, 0.3) is 0 Å². The van der Waals surface area contributed by atoms with Crippen LogP contribution in [-0.4, -0.2) is 80.3 Å². The van der Waals surface area contributed by atoms with Crippen LogP contribution in [0.4, 0.5) is 4.79 Å². The Balaban J connectivity index is 1.43. The largest absolute Gasteiger partial charge is 0.508 e. The lowest BCUT2D eigenvalue weighted by Gasteiger charge is -2.53. The van der Waals surface area contributed by atoms with Gasteiger partial charge < -0.3 is 19.8 Å². The second-order valence-electron chi connectivity index (χ2n) is 13.6. The molecule has 0 bridgehead atoms. The molecule has 0 saturated carbocycles. The van der Waals surface area contributed by atoms with Gasteiger partial charge in [-0.15, -0.1) is 0 Å². The smallest absolute Gasteiger partial charge is 0.411 e. The Bertz CT molecular complexity index is 1290. The van der Waals surface area contributed by atoms with Crippen LogP contribution in [0.2, 0.25) is 0 Å². The molecule has 5 atom stereocenters. The summed E-state index contributed by atoms with van der Waals surface area (Å²) in [6.07, 6.45) is 0.772. The zero-order chi connectivity index (χ0) is 29.6. The van der Waals surface area contributed by atoms with Gasteiger partial charge in [0, 0.05) is 38.1 Å². The first-order chi connectivity index (χ1) is 19.3. The molecule has 0 spiro atoms. The molecule has 2 fully saturated rings. The first-order valence-electron chi connectivity index (χ1n) is 14.9. The van der Waals surface area contributed by atoms with Crippen LogP contribution in [0.1, 0.15) is 70.6 Å². The van der Waals surface area contributed by atoms with Crippen LogP contribution in [0.15, 0.2) is 42.5 Å². The van der Waals surface area contributed by atoms with E-state index in [1.165, 1.54) is 0 Å². The molecule has 222 valence electrons. The molecule has 5 rings (SSSR count). The number of hydrogen-bond donors (Lipinski definition) is 2. The molecule has 41 heavy (non-hydrogen) atoms. The van der Waals surface area contributed by atoms with Gasteiger partial charge in [-0.3, -0.25) is 14.6 Å². The highest BCUT2D eigenvalue weighted by Crippen LogP contribution is 2.40. The lowest BCUT2D eigenvalue weighted by molar-refractivity contribution is -0.147. The Morgan fingerprint density at radius 1 is 0.951 bits per heavy atom. The number of phenolic OH excluding ortho intramolecular Hbond substituents is 2. The van der Waals surface area contributed by atoms with Crippen molar-refractivity contribution in [3.63, 3.8) is 0 Å². The molecule has 2 aromatic rings. The molecule has 3 aliphatic heterocycles. The number of ether oxygens (including phenoxy) is 1. The first-order valence-corrected chi connectivity index (χ1v) is 14.9. The maximum Gasteiger partial charge on any atom is 0.411 e. The SMILES string of the molecule is CC1CN2C[C@H](C(C)C)N(C(=O)[C@H]3Cc4ccc(O)cc4CN3C(=O)OC(C)(C)C)CC2CC1c1cccc(O)c1. The van der Waals surface area contributed by atoms with E-state index >= 15 is 0 Å². The predicted molar refractivity (Wildman–Crippen MR) is 158 cm³/mol. The highest BCUT2D eigenvalue weighted by Gasteiger charge is 2.46. The first kappa shape index (κ1) is 29.2. The van der Waals surface area contributed by atoms with Crippen LogP contribution in [0.5, 0.6) is 11.5 Å². The van der Waals surface area contributed by atoms with E-state index in [0.717, 1.165) is 36.2 Å². The van der Waals surface area contributed by atoms with Gasteiger partial charge in [-0.2, -0.15) is 0 Å². The van der Waals surface area contributed by atoms with Crippen molar-refractivity contribution >= 4 is 12.0 Å². The quantitative estimate of drug-likeness (QED) is 0.539. The minimum absolute atomic E-state index is 0.0324. The summed E-state index contributed by atoms with van der Waals surface area (Å²) in [5, 5.41) is 20.2. The maximum atomic E-state index is 14.5. The average Bonchev–Trinajstić information content (AvgIpc) is 2.89. The molecule has 3 unspecified atom stereocenters. The predicted octanol–water partition coefficient (Wildman–Crippen LogP) is 5.12. The zero-order valence-electron chi connectivity index (χ0n) is 25.2. The zero-order valence-corrected chi connectivity index (χ0v) is 25.2. The van der Waals surface area contributed by atoms with Gasteiger partial charge in [-0.25, -0.2) is 4.79 Å². The van der Waals surface area contributed by atoms with Crippen molar-refractivity contribution in [2.75, 3.05) is 19.6 Å². The molecule has 0 aliphatic carbocycles. The Morgan fingerprint density at radius 2 is 1.68 bits per heavy atom. The van der Waals surface area contributed by atoms with Gasteiger partial charge in [0.2, 0.25) is 5.91 Å². The van der Waals surface area contributed by atoms with E-state index in [2.05, 4.69) is 31.7 Å². The summed E-state index contributed by atoms with van der Waals surface area (Å²) in [7, 11) is 0. The molecule has 2 N–H and O–H groups in total. The summed E-state index contributed by atoms with van der Waals surface area (Å²) >= 11 is 0. The Hall–Kier alpha value is -3.26. The van der Waals surface area contributed by atoms with Crippen molar-refractivity contribution in [1.82, 2.24) is 14.7 Å². The number of benzene rings is 2. The number of nitrogens with zero attached hydrogens (tertiary/aromatic N) is 3. The molecule has 2 aromatic carbocycles. The van der Waals surface area contributed by atoms with Crippen LogP contribution >= 0.6 is 0 Å². The number of piperidine rings is 1. The van der Waals surface area contributed by atoms with E-state index in [4.69, 9.17) is 4.74 Å². The lowest BCUT2D eigenvalue weighted by atomic mass is 9.76. The molecule has 8 heteroatoms. The number of aromatic hydroxyl groups is 2. The molecular weight excluding hydrogens is 518 g/mol. The summed E-state index contributed by atoms with van der Waals surface area (Å²) in [5.74, 6) is 1.36. The molecule has 8 nitrogen and oxygen atoms in total. The highest BCUT2D eigenvalue weighted by atomic mass is 16.6. The van der Waals surface area contributed by atoms with Crippen LogP contribution in [-0.2, 0) is 22.5 Å². The van der Waals surface area contributed by atoms with Crippen LogP contribution < -0.4 is 0 Å². The third-order valence-corrected chi connectivity index (χ3v) is 9.07. The molecule has 3 aliphatic rings. The Labute approximate surface area is 243 Å². The van der Waals surface area contributed by atoms with Gasteiger partial charge in [-0.1, -0.05) is 39.0 Å². The Kier molecular flexibility index (Phi) is 7.99. The van der Waals surface area contributed by atoms with Crippen LogP contribution in [0, 0.1) is 11.8 Å². The normalized spacial score (nSPS) is 26.9. The standard InChI is InChI=1S/C33H45N3O5/c1-20(2)30-19-34-16-21(3)28(23-8-7-9-26(37)12-23)15-25(34)18-35(30)31(39)29-14-22-10-11-27(38)13-24(22)17-36(29)32(40)41-33(4,5)6/h7-13,20-21,25,28-30,37-38H,14-19H2,1-6H3/t21?,25?,28?,29-,30-/m1/s1. The fraction of sp³-hybridized carbons (Fsp3) is 0.576. The fourth-order valence-electron chi connectivity index (χ4n) is 6.98. The van der Waals surface area contributed by atoms with Gasteiger partial charge in [0.25, 0.3) is 0 Å². The minimum Gasteiger partial charge on any atom is -0.508 e. The molecular formula is C33H45N3O5. The van der Waals surface area contributed by atoms with Crippen molar-refractivity contribution in [1.29, 1.82) is 0 Å². The van der Waals surface area contributed by atoms with E-state index in [1.54, 1.807) is 23.1 Å². The number of hydrogen-bond acceptors (Lipinski definition) is 6. The van der Waals surface area contributed by atoms with Crippen molar-refractivity contribution < 1.29 is 24.5 Å². The molecule has 2 saturated heterocycles. The van der Waals surface area contributed by atoms with Crippen molar-refractivity contribution in [3.8, 4) is 11.5 Å². The summed E-state index contributed by atoms with van der Waals surface area (Å²) in [6, 6.07) is 12.3. The number of amides is 2. The lowest BCUT2D eigenvalue weighted by Crippen LogP contribution is -2.66. The third kappa shape index (κ3) is 6.17. The second kappa shape index (κ2) is 11.2. The van der Waals surface area contributed by atoms with Gasteiger partial charge in [0.15, 0.2) is 0 Å². The van der Waals surface area contributed by atoms with Crippen molar-refractivity contribution in [3.05, 3.63) is 59.2 Å². The van der Waals surface area contributed by atoms with E-state index in [-0.39, 0.29) is 42.0 Å². The summed E-state index contributed by atoms with van der Waals surface area (Å²) in [5.41, 5.74) is 2.25. The number of carbonyl (C=O) groups excluding carboxylic acids is 2. The van der Waals surface area contributed by atoms with Gasteiger partial charge >= 0.3 is 6.09 Å². The van der Waals surface area contributed by atoms with E-state index < -0.39 is 17.7 Å². The van der Waals surface area contributed by atoms with Crippen LogP contribution in [0.3, 0.4) is 0 Å². The van der Waals surface area contributed by atoms with Crippen molar-refractivity contribution in [2.45, 2.75) is 90.6 Å². The topological polar surface area (TPSA) is 93.6 Å². The van der Waals surface area contributed by atoms with Gasteiger partial charge in [0.05, 0.1) is 6.54 Å². The Morgan fingerprint density at radius 3 is 2.37 bits per heavy atom. The molecule has 0 radical (unpaired) electrons. The number of carbonyl (C=O) groups is 2. The maximum absolute atomic E-state index is 14.5. The van der Waals surface area contributed by atoms with Crippen molar-refractivity contribution in [2.24, 2.45) is 11.8 Å². The second-order valence-corrected chi connectivity index (χ2v) is 13.6. The minimum atomic E-state index is -0.699. The van der Waals surface area contributed by atoms with E-state index in [1.807, 2.05) is 43.9 Å². The summed E-state index contributed by atoms with van der Waals surface area (Å²) < 4.78 is 5.76. The number of phenols is 2. The number of piperazine rings is 1. The monoisotopic (exact) mass is 563 g/mol. The van der Waals surface area contributed by atoms with Gasteiger partial charge in [0.1, 0.15) is 23.1 Å². The molecule has 0 aromatic heterocycles. The highest BCUT2D eigenvalue weighted by molar-refractivity contribution is 5.87. The molecule has 2 amide bonds. The number of fused-ring (bicyclic) bond motifs is 2. The molecule has 3 heterocycles. The third-order valence-electron chi connectivity index (χ3n) is 9.07. The fourth-order valence-corrected chi connectivity index (χ4v) is 6.98. The van der Waals surface area contributed by atoms with E-state index in [0.29, 0.717) is 24.8 Å². The van der Waals surface area contributed by atoms with E-state index in [9.17, 15) is 19.8 Å².